The molecular formula is C7H7N2O3P. The Kier molecular flexibility index (Phi) is 3.34. The van der Waals surface area contributed by atoms with Crippen LogP contribution in [0.1, 0.15) is 0 Å². The van der Waals surface area contributed by atoms with E-state index in [1.54, 1.807) is 0 Å². The molecule has 1 atom stereocenters. The number of hydrogen-bond acceptors (Lipinski definition) is 4. The first kappa shape index (κ1) is 9.61. The average Bonchev–Trinajstić information content (AvgIpc) is 2.19. The molecule has 1 rings (SSSR count). The molecule has 1 aromatic rings. The summed E-state index contributed by atoms with van der Waals surface area (Å²) in [5, 5.41) is 4.91. The van der Waals surface area contributed by atoms with Crippen LogP contribution >= 0.6 is 9.39 Å². The first-order valence-electron chi connectivity index (χ1n) is 3.38. The largest absolute Gasteiger partial charge is 0.415 e. The van der Waals surface area contributed by atoms with Gasteiger partial charge in [0.05, 0.1) is 0 Å². The molecule has 13 heavy (non-hydrogen) atoms. The lowest BCUT2D eigenvalue weighted by Crippen LogP contribution is -2.16. The lowest BCUT2D eigenvalue weighted by Gasteiger charge is -2.01. The van der Waals surface area contributed by atoms with Crippen molar-refractivity contribution in [2.45, 2.75) is 0 Å². The van der Waals surface area contributed by atoms with Gasteiger partial charge in [-0.15, -0.1) is 4.91 Å². The summed E-state index contributed by atoms with van der Waals surface area (Å²) in [6.07, 6.45) is -0.586. The number of ether oxygens (including phenoxy) is 1. The second kappa shape index (κ2) is 4.52. The molecule has 0 fully saturated rings. The Bertz CT molecular complexity index is 312. The number of nitroso groups, excluding NO2 is 1. The summed E-state index contributed by atoms with van der Waals surface area (Å²) < 4.78 is 4.75. The van der Waals surface area contributed by atoms with Crippen LogP contribution in [-0.2, 0) is 0 Å². The number of nitrogens with zero attached hydrogens (tertiary/aromatic N) is 1. The Morgan fingerprint density at radius 1 is 1.38 bits per heavy atom. The van der Waals surface area contributed by atoms with Crippen LogP contribution in [0.15, 0.2) is 29.4 Å². The molecule has 1 amide bonds. The monoisotopic (exact) mass is 198 g/mol. The zero-order chi connectivity index (χ0) is 9.68. The van der Waals surface area contributed by atoms with Crippen LogP contribution in [0, 0.1) is 4.91 Å². The molecule has 1 aromatic carbocycles. The van der Waals surface area contributed by atoms with Gasteiger partial charge >= 0.3 is 6.09 Å². The molecule has 0 spiro atoms. The topological polar surface area (TPSA) is 67.8 Å². The second-order valence-electron chi connectivity index (χ2n) is 2.12. The van der Waals surface area contributed by atoms with Gasteiger partial charge in [0.1, 0.15) is 11.4 Å². The highest BCUT2D eigenvalue weighted by atomic mass is 31.0. The zero-order valence-electron chi connectivity index (χ0n) is 6.56. The molecule has 0 aliphatic rings. The molecule has 0 bridgehead atoms. The van der Waals surface area contributed by atoms with Crippen LogP contribution in [-0.4, -0.2) is 6.09 Å². The zero-order valence-corrected chi connectivity index (χ0v) is 7.71. The van der Waals surface area contributed by atoms with Crippen LogP contribution < -0.4 is 9.82 Å². The fraction of sp³-hybridized carbons (Fsp3) is 0. The van der Waals surface area contributed by atoms with Gasteiger partial charge in [0.2, 0.25) is 0 Å². The van der Waals surface area contributed by atoms with E-state index < -0.39 is 6.09 Å². The summed E-state index contributed by atoms with van der Waals surface area (Å²) in [4.78, 5) is 20.7. The molecule has 0 saturated carbocycles. The minimum atomic E-state index is -0.586. The Morgan fingerprint density at radius 2 is 2.00 bits per heavy atom. The van der Waals surface area contributed by atoms with Crippen LogP contribution in [0.3, 0.4) is 0 Å². The average molecular weight is 198 g/mol. The third-order valence-corrected chi connectivity index (χ3v) is 1.51. The number of benzene rings is 1. The highest BCUT2D eigenvalue weighted by molar-refractivity contribution is 7.15. The molecule has 0 aliphatic carbocycles. The minimum Gasteiger partial charge on any atom is -0.410 e. The standard InChI is InChI=1S/C7H7N2O3P/c10-7(9-13)12-6-3-1-5(8-11)2-4-6/h1-4H,13H2,(H,9,10). The van der Waals surface area contributed by atoms with E-state index in [0.717, 1.165) is 0 Å². The van der Waals surface area contributed by atoms with Crippen molar-refractivity contribution >= 4 is 21.2 Å². The maximum atomic E-state index is 10.7. The molecule has 5 nitrogen and oxygen atoms in total. The van der Waals surface area contributed by atoms with Gasteiger partial charge in [0.25, 0.3) is 0 Å². The summed E-state index contributed by atoms with van der Waals surface area (Å²) in [6, 6.07) is 5.88. The Hall–Kier alpha value is -1.48. The molecule has 0 radical (unpaired) electrons. The Balaban J connectivity index is 2.69. The van der Waals surface area contributed by atoms with Crippen LogP contribution in [0.2, 0.25) is 0 Å². The Morgan fingerprint density at radius 3 is 2.46 bits per heavy atom. The molecule has 68 valence electrons. The van der Waals surface area contributed by atoms with Gasteiger partial charge in [-0.05, 0) is 38.8 Å². The first-order valence-corrected chi connectivity index (χ1v) is 3.96. The predicted octanol–water partition coefficient (Wildman–Crippen LogP) is 1.96. The van der Waals surface area contributed by atoms with Crippen molar-refractivity contribution in [3.05, 3.63) is 29.2 Å². The molecule has 0 aliphatic heterocycles. The number of amides is 1. The fourth-order valence-electron chi connectivity index (χ4n) is 0.712. The van der Waals surface area contributed by atoms with E-state index in [0.29, 0.717) is 11.4 Å². The van der Waals surface area contributed by atoms with Gasteiger partial charge < -0.3 is 9.82 Å². The molecule has 6 heteroatoms. The van der Waals surface area contributed by atoms with E-state index in [4.69, 9.17) is 4.74 Å². The highest BCUT2D eigenvalue weighted by Crippen LogP contribution is 2.17. The third kappa shape index (κ3) is 2.80. The van der Waals surface area contributed by atoms with Gasteiger partial charge in [0, 0.05) is 0 Å². The number of nitrogens with one attached hydrogen (secondary N) is 1. The lowest BCUT2D eigenvalue weighted by molar-refractivity contribution is 0.207. The van der Waals surface area contributed by atoms with Gasteiger partial charge in [0.15, 0.2) is 0 Å². The normalized spacial score (nSPS) is 9.00. The van der Waals surface area contributed by atoms with Crippen molar-refractivity contribution in [2.24, 2.45) is 5.18 Å². The van der Waals surface area contributed by atoms with Crippen LogP contribution in [0.25, 0.3) is 0 Å². The van der Waals surface area contributed by atoms with E-state index in [9.17, 15) is 9.70 Å². The predicted molar refractivity (Wildman–Crippen MR) is 50.8 cm³/mol. The summed E-state index contributed by atoms with van der Waals surface area (Å²) in [7, 11) is 2.02. The number of hydrogen-bond donors (Lipinski definition) is 1. The molecule has 0 aromatic heterocycles. The second-order valence-corrected chi connectivity index (χ2v) is 2.41. The number of carbonyl (C=O) groups excluding carboxylic acids is 1. The summed E-state index contributed by atoms with van der Waals surface area (Å²) in [5.74, 6) is 0.354. The highest BCUT2D eigenvalue weighted by Gasteiger charge is 2.00. The molecule has 1 unspecified atom stereocenters. The van der Waals surface area contributed by atoms with Crippen molar-refractivity contribution in [3.8, 4) is 5.75 Å². The van der Waals surface area contributed by atoms with Gasteiger partial charge in [-0.1, -0.05) is 0 Å². The van der Waals surface area contributed by atoms with Gasteiger partial charge in [-0.3, -0.25) is 0 Å². The summed E-state index contributed by atoms with van der Waals surface area (Å²) >= 11 is 0. The van der Waals surface area contributed by atoms with Crippen molar-refractivity contribution in [1.29, 1.82) is 0 Å². The molecular weight excluding hydrogens is 191 g/mol. The minimum absolute atomic E-state index is 0.290. The number of carbonyl (C=O) groups is 1. The van der Waals surface area contributed by atoms with Crippen molar-refractivity contribution in [2.75, 3.05) is 0 Å². The smallest absolute Gasteiger partial charge is 0.410 e. The van der Waals surface area contributed by atoms with E-state index in [-0.39, 0.29) is 0 Å². The maximum Gasteiger partial charge on any atom is 0.415 e. The van der Waals surface area contributed by atoms with Crippen molar-refractivity contribution in [1.82, 2.24) is 5.09 Å². The van der Waals surface area contributed by atoms with Crippen LogP contribution in [0.4, 0.5) is 10.5 Å². The molecule has 0 heterocycles. The van der Waals surface area contributed by atoms with Crippen molar-refractivity contribution < 1.29 is 9.53 Å². The van der Waals surface area contributed by atoms with Crippen molar-refractivity contribution in [3.63, 3.8) is 0 Å². The van der Waals surface area contributed by atoms with E-state index >= 15 is 0 Å². The summed E-state index contributed by atoms with van der Waals surface area (Å²) in [6.45, 7) is 0. The van der Waals surface area contributed by atoms with Gasteiger partial charge in [-0.25, -0.2) is 4.79 Å². The fourth-order valence-corrected chi connectivity index (χ4v) is 0.770. The van der Waals surface area contributed by atoms with Crippen LogP contribution in [0.5, 0.6) is 5.75 Å². The van der Waals surface area contributed by atoms with Gasteiger partial charge in [-0.2, -0.15) is 0 Å². The van der Waals surface area contributed by atoms with E-state index in [1.165, 1.54) is 24.3 Å². The van der Waals surface area contributed by atoms with E-state index in [1.807, 2.05) is 9.39 Å². The SMILES string of the molecule is O=Nc1ccc(OC(=O)NP)cc1. The third-order valence-electron chi connectivity index (χ3n) is 1.27. The lowest BCUT2D eigenvalue weighted by atomic mass is 10.3. The van der Waals surface area contributed by atoms with E-state index in [2.05, 4.69) is 10.3 Å². The quantitative estimate of drug-likeness (QED) is 0.583. The molecule has 0 saturated heterocycles. The molecule has 1 N–H and O–H groups in total. The Labute approximate surface area is 76.7 Å². The maximum absolute atomic E-state index is 10.7. The summed E-state index contributed by atoms with van der Waals surface area (Å²) in [5.41, 5.74) is 0.290. The number of rotatable bonds is 2. The first-order chi connectivity index (χ1) is 6.26.